The number of pyridine rings is 1. The first-order chi connectivity index (χ1) is 12.0. The van der Waals surface area contributed by atoms with Crippen molar-refractivity contribution >= 4 is 11.9 Å². The van der Waals surface area contributed by atoms with Crippen molar-refractivity contribution in [3.63, 3.8) is 0 Å². The summed E-state index contributed by atoms with van der Waals surface area (Å²) >= 11 is 0. The van der Waals surface area contributed by atoms with E-state index in [4.69, 9.17) is 9.47 Å². The van der Waals surface area contributed by atoms with Gasteiger partial charge in [-0.25, -0.2) is 0 Å². The van der Waals surface area contributed by atoms with Crippen LogP contribution < -0.4 is 14.8 Å². The van der Waals surface area contributed by atoms with Crippen LogP contribution in [0.15, 0.2) is 36.5 Å². The Balaban J connectivity index is 2.32. The fourth-order valence-corrected chi connectivity index (χ4v) is 2.45. The number of nitrogens with zero attached hydrogens (tertiary/aromatic N) is 1. The predicted octanol–water partition coefficient (Wildman–Crippen LogP) is 2.35. The lowest BCUT2D eigenvalue weighted by atomic mass is 10.0. The van der Waals surface area contributed by atoms with Gasteiger partial charge in [-0.15, -0.1) is 0 Å². The summed E-state index contributed by atoms with van der Waals surface area (Å²) in [5, 5.41) is 11.9. The number of benzene rings is 1. The zero-order chi connectivity index (χ0) is 18.4. The number of carbonyl (C=O) groups is 2. The van der Waals surface area contributed by atoms with Gasteiger partial charge in [0.25, 0.3) is 5.91 Å². The number of carboxylic acids is 1. The van der Waals surface area contributed by atoms with Crippen LogP contribution in [0.4, 0.5) is 0 Å². The van der Waals surface area contributed by atoms with Crippen LogP contribution in [-0.4, -0.2) is 36.2 Å². The van der Waals surface area contributed by atoms with E-state index in [1.165, 1.54) is 20.4 Å². The molecule has 25 heavy (non-hydrogen) atoms. The standard InChI is InChI=1S/C18H20N2O5/c1-11-5-4-8-19-17(11)18(23)20-13(10-16(21)22)12-6-7-14(24-2)15(9-12)25-3/h4-9,13H,10H2,1-3H3,(H,20,23)(H,21,22). The molecule has 1 heterocycles. The Kier molecular flexibility index (Phi) is 5.94. The monoisotopic (exact) mass is 344 g/mol. The van der Waals surface area contributed by atoms with E-state index in [0.717, 1.165) is 0 Å². The van der Waals surface area contributed by atoms with Crippen molar-refractivity contribution in [1.29, 1.82) is 0 Å². The van der Waals surface area contributed by atoms with Gasteiger partial charge < -0.3 is 19.9 Å². The number of amides is 1. The number of hydrogen-bond donors (Lipinski definition) is 2. The molecule has 1 atom stereocenters. The second kappa shape index (κ2) is 8.14. The molecule has 1 aromatic carbocycles. The minimum atomic E-state index is -1.03. The third-order valence-electron chi connectivity index (χ3n) is 3.72. The van der Waals surface area contributed by atoms with Crippen LogP contribution in [0.1, 0.15) is 34.1 Å². The first kappa shape index (κ1) is 18.3. The molecule has 0 aliphatic rings. The number of carbonyl (C=O) groups excluding carboxylic acids is 1. The molecule has 0 saturated carbocycles. The van der Waals surface area contributed by atoms with Crippen LogP contribution in [0.2, 0.25) is 0 Å². The van der Waals surface area contributed by atoms with Crippen molar-refractivity contribution in [3.8, 4) is 11.5 Å². The van der Waals surface area contributed by atoms with Crippen LogP contribution in [0, 0.1) is 6.92 Å². The SMILES string of the molecule is COc1ccc(C(CC(=O)O)NC(=O)c2ncccc2C)cc1OC. The molecule has 2 rings (SSSR count). The maximum atomic E-state index is 12.5. The van der Waals surface area contributed by atoms with Gasteiger partial charge in [0.2, 0.25) is 0 Å². The minimum Gasteiger partial charge on any atom is -0.493 e. The first-order valence-electron chi connectivity index (χ1n) is 7.62. The van der Waals surface area contributed by atoms with Gasteiger partial charge in [-0.3, -0.25) is 14.6 Å². The molecular weight excluding hydrogens is 324 g/mol. The van der Waals surface area contributed by atoms with Crippen molar-refractivity contribution in [2.24, 2.45) is 0 Å². The molecule has 132 valence electrons. The van der Waals surface area contributed by atoms with Gasteiger partial charge >= 0.3 is 5.97 Å². The fourth-order valence-electron chi connectivity index (χ4n) is 2.45. The zero-order valence-electron chi connectivity index (χ0n) is 14.3. The van der Waals surface area contributed by atoms with Crippen molar-refractivity contribution in [2.75, 3.05) is 14.2 Å². The highest BCUT2D eigenvalue weighted by molar-refractivity contribution is 5.94. The summed E-state index contributed by atoms with van der Waals surface area (Å²) in [6.07, 6.45) is 1.25. The highest BCUT2D eigenvalue weighted by Crippen LogP contribution is 2.31. The number of hydrogen-bond acceptors (Lipinski definition) is 5. The Morgan fingerprint density at radius 3 is 2.52 bits per heavy atom. The molecule has 0 spiro atoms. The maximum absolute atomic E-state index is 12.5. The molecule has 0 saturated heterocycles. The predicted molar refractivity (Wildman–Crippen MR) is 91.0 cm³/mol. The molecular formula is C18H20N2O5. The van der Waals surface area contributed by atoms with Crippen LogP contribution >= 0.6 is 0 Å². The quantitative estimate of drug-likeness (QED) is 0.800. The lowest BCUT2D eigenvalue weighted by molar-refractivity contribution is -0.137. The van der Waals surface area contributed by atoms with Crippen molar-refractivity contribution in [2.45, 2.75) is 19.4 Å². The Labute approximate surface area is 145 Å². The number of ether oxygens (including phenoxy) is 2. The molecule has 0 bridgehead atoms. The van der Waals surface area contributed by atoms with Gasteiger partial charge in [-0.05, 0) is 36.2 Å². The molecule has 7 nitrogen and oxygen atoms in total. The lowest BCUT2D eigenvalue weighted by Crippen LogP contribution is -2.31. The summed E-state index contributed by atoms with van der Waals surface area (Å²) in [6.45, 7) is 1.77. The molecule has 0 radical (unpaired) electrons. The van der Waals surface area contributed by atoms with E-state index in [1.54, 1.807) is 37.3 Å². The van der Waals surface area contributed by atoms with E-state index in [0.29, 0.717) is 22.6 Å². The van der Waals surface area contributed by atoms with Gasteiger partial charge in [0.05, 0.1) is 26.7 Å². The van der Waals surface area contributed by atoms with Crippen molar-refractivity contribution in [3.05, 3.63) is 53.3 Å². The highest BCUT2D eigenvalue weighted by Gasteiger charge is 2.21. The summed E-state index contributed by atoms with van der Waals surface area (Å²) in [4.78, 5) is 27.8. The van der Waals surface area contributed by atoms with E-state index in [1.807, 2.05) is 0 Å². The third kappa shape index (κ3) is 4.47. The third-order valence-corrected chi connectivity index (χ3v) is 3.72. The van der Waals surface area contributed by atoms with E-state index < -0.39 is 17.9 Å². The molecule has 2 N–H and O–H groups in total. The topological polar surface area (TPSA) is 97.8 Å². The zero-order valence-corrected chi connectivity index (χ0v) is 14.3. The van der Waals surface area contributed by atoms with Crippen LogP contribution in [-0.2, 0) is 4.79 Å². The van der Waals surface area contributed by atoms with Gasteiger partial charge in [0, 0.05) is 6.20 Å². The summed E-state index contributed by atoms with van der Waals surface area (Å²) in [6, 6.07) is 7.78. The second-order valence-electron chi connectivity index (χ2n) is 5.41. The molecule has 0 aliphatic carbocycles. The number of aromatic nitrogens is 1. The number of aryl methyl sites for hydroxylation is 1. The van der Waals surface area contributed by atoms with Gasteiger partial charge in [-0.2, -0.15) is 0 Å². The number of carboxylic acid groups (broad SMARTS) is 1. The van der Waals surface area contributed by atoms with Crippen molar-refractivity contribution in [1.82, 2.24) is 10.3 Å². The number of aliphatic carboxylic acids is 1. The average Bonchev–Trinajstić information content (AvgIpc) is 2.60. The van der Waals surface area contributed by atoms with E-state index in [-0.39, 0.29) is 12.1 Å². The molecule has 1 unspecified atom stereocenters. The number of methoxy groups -OCH3 is 2. The highest BCUT2D eigenvalue weighted by atomic mass is 16.5. The van der Waals surface area contributed by atoms with E-state index in [2.05, 4.69) is 10.3 Å². The smallest absolute Gasteiger partial charge is 0.305 e. The van der Waals surface area contributed by atoms with Gasteiger partial charge in [0.15, 0.2) is 11.5 Å². The summed E-state index contributed by atoms with van der Waals surface area (Å²) in [7, 11) is 3.00. The Morgan fingerprint density at radius 1 is 1.20 bits per heavy atom. The number of nitrogens with one attached hydrogen (secondary N) is 1. The summed E-state index contributed by atoms with van der Waals surface area (Å²) < 4.78 is 10.4. The van der Waals surface area contributed by atoms with Crippen LogP contribution in [0.3, 0.4) is 0 Å². The molecule has 7 heteroatoms. The molecule has 0 fully saturated rings. The Morgan fingerprint density at radius 2 is 1.92 bits per heavy atom. The van der Waals surface area contributed by atoms with Crippen molar-refractivity contribution < 1.29 is 24.2 Å². The molecule has 0 aliphatic heterocycles. The normalized spacial score (nSPS) is 11.5. The molecule has 2 aromatic rings. The Bertz CT molecular complexity index is 776. The Hall–Kier alpha value is -3.09. The maximum Gasteiger partial charge on any atom is 0.305 e. The summed E-state index contributed by atoms with van der Waals surface area (Å²) in [5.41, 5.74) is 1.57. The lowest BCUT2D eigenvalue weighted by Gasteiger charge is -2.19. The fraction of sp³-hybridized carbons (Fsp3) is 0.278. The van der Waals surface area contributed by atoms with E-state index >= 15 is 0 Å². The van der Waals surface area contributed by atoms with Crippen LogP contribution in [0.25, 0.3) is 0 Å². The minimum absolute atomic E-state index is 0.262. The van der Waals surface area contributed by atoms with E-state index in [9.17, 15) is 14.7 Å². The van der Waals surface area contributed by atoms with Gasteiger partial charge in [0.1, 0.15) is 5.69 Å². The second-order valence-corrected chi connectivity index (χ2v) is 5.41. The van der Waals surface area contributed by atoms with Gasteiger partial charge in [-0.1, -0.05) is 12.1 Å². The number of rotatable bonds is 7. The first-order valence-corrected chi connectivity index (χ1v) is 7.62. The average molecular weight is 344 g/mol. The summed E-state index contributed by atoms with van der Waals surface area (Å²) in [5.74, 6) is -0.483. The largest absolute Gasteiger partial charge is 0.493 e. The molecule has 1 aromatic heterocycles. The molecule has 1 amide bonds. The van der Waals surface area contributed by atoms with Crippen LogP contribution in [0.5, 0.6) is 11.5 Å².